The van der Waals surface area contributed by atoms with Crippen LogP contribution in [0, 0.1) is 0 Å². The summed E-state index contributed by atoms with van der Waals surface area (Å²) in [4.78, 5) is 3.64. The first-order valence-corrected chi connectivity index (χ1v) is 17.5. The zero-order chi connectivity index (χ0) is 31.2. The molecule has 3 heteroatoms. The van der Waals surface area contributed by atoms with Crippen LogP contribution in [0.3, 0.4) is 0 Å². The Morgan fingerprint density at radius 1 is 0.319 bits per heavy atom. The van der Waals surface area contributed by atoms with Crippen molar-refractivity contribution in [2.75, 3.05) is 4.90 Å². The summed E-state index contributed by atoms with van der Waals surface area (Å²) >= 11 is 3.71. The highest BCUT2D eigenvalue weighted by Crippen LogP contribution is 2.40. The molecule has 0 unspecified atom stereocenters. The van der Waals surface area contributed by atoms with Crippen LogP contribution in [-0.2, 0) is 0 Å². The Kier molecular flexibility index (Phi) is 6.93. The summed E-state index contributed by atoms with van der Waals surface area (Å²) in [5.74, 6) is 0. The van der Waals surface area contributed by atoms with Gasteiger partial charge >= 0.3 is 0 Å². The standard InChI is InChI=1S/C44H29NS2/c1-2-8-30(9-3-1)31-14-21-36(22-15-31)45(38-25-18-33(19-26-38)44-29-35-10-4-6-12-41(35)46-44)37-23-16-32(17-24-37)34-20-27-43-40(28-34)39-11-5-7-13-42(39)47-43/h1-29H. The van der Waals surface area contributed by atoms with Gasteiger partial charge in [-0.3, -0.25) is 0 Å². The molecule has 0 saturated carbocycles. The van der Waals surface area contributed by atoms with Crippen molar-refractivity contribution in [2.24, 2.45) is 0 Å². The predicted molar refractivity (Wildman–Crippen MR) is 206 cm³/mol. The summed E-state index contributed by atoms with van der Waals surface area (Å²) in [6, 6.07) is 63.9. The zero-order valence-corrected chi connectivity index (χ0v) is 27.1. The molecule has 0 aliphatic heterocycles. The monoisotopic (exact) mass is 635 g/mol. The molecular weight excluding hydrogens is 607 g/mol. The summed E-state index contributed by atoms with van der Waals surface area (Å²) in [5.41, 5.74) is 9.49. The number of nitrogens with zero attached hydrogens (tertiary/aromatic N) is 1. The fourth-order valence-corrected chi connectivity index (χ4v) is 8.64. The maximum atomic E-state index is 2.35. The quantitative estimate of drug-likeness (QED) is 0.176. The van der Waals surface area contributed by atoms with Gasteiger partial charge in [0.15, 0.2) is 0 Å². The third-order valence-electron chi connectivity index (χ3n) is 8.90. The molecule has 0 fully saturated rings. The van der Waals surface area contributed by atoms with E-state index in [9.17, 15) is 0 Å². The third kappa shape index (κ3) is 5.20. The molecular formula is C44H29NS2. The predicted octanol–water partition coefficient (Wildman–Crippen LogP) is 13.7. The van der Waals surface area contributed by atoms with E-state index in [1.165, 1.54) is 63.0 Å². The lowest BCUT2D eigenvalue weighted by Gasteiger charge is -2.26. The van der Waals surface area contributed by atoms with Crippen LogP contribution in [-0.4, -0.2) is 0 Å². The molecule has 2 heterocycles. The lowest BCUT2D eigenvalue weighted by molar-refractivity contribution is 1.28. The normalized spacial score (nSPS) is 11.4. The minimum absolute atomic E-state index is 1.12. The van der Waals surface area contributed by atoms with Gasteiger partial charge in [0.1, 0.15) is 0 Å². The van der Waals surface area contributed by atoms with Gasteiger partial charge in [0.2, 0.25) is 0 Å². The van der Waals surface area contributed by atoms with Crippen LogP contribution in [0.2, 0.25) is 0 Å². The van der Waals surface area contributed by atoms with E-state index >= 15 is 0 Å². The molecule has 9 aromatic rings. The summed E-state index contributed by atoms with van der Waals surface area (Å²) < 4.78 is 3.98. The Bertz CT molecular complexity index is 2450. The van der Waals surface area contributed by atoms with Crippen LogP contribution < -0.4 is 4.90 Å². The fourth-order valence-electron chi connectivity index (χ4n) is 6.49. The van der Waals surface area contributed by atoms with E-state index in [4.69, 9.17) is 0 Å². The second-order valence-electron chi connectivity index (χ2n) is 11.8. The highest BCUT2D eigenvalue weighted by molar-refractivity contribution is 7.25. The van der Waals surface area contributed by atoms with Crippen LogP contribution in [0.5, 0.6) is 0 Å². The van der Waals surface area contributed by atoms with Gasteiger partial charge in [-0.25, -0.2) is 0 Å². The lowest BCUT2D eigenvalue weighted by Crippen LogP contribution is -2.09. The van der Waals surface area contributed by atoms with Crippen molar-refractivity contribution < 1.29 is 0 Å². The van der Waals surface area contributed by atoms with Gasteiger partial charge in [-0.2, -0.15) is 0 Å². The number of hydrogen-bond donors (Lipinski definition) is 0. The Balaban J connectivity index is 1.09. The SMILES string of the molecule is c1ccc(-c2ccc(N(c3ccc(-c4ccc5sc6ccccc6c5c4)cc3)c3ccc(-c4cc5ccccc5s4)cc3)cc2)cc1. The third-order valence-corrected chi connectivity index (χ3v) is 11.2. The minimum atomic E-state index is 1.12. The van der Waals surface area contributed by atoms with Gasteiger partial charge < -0.3 is 4.90 Å². The van der Waals surface area contributed by atoms with Crippen molar-refractivity contribution >= 4 is 70.0 Å². The molecule has 0 aliphatic carbocycles. The van der Waals surface area contributed by atoms with Crippen molar-refractivity contribution in [3.05, 3.63) is 176 Å². The average Bonchev–Trinajstić information content (AvgIpc) is 3.75. The first-order chi connectivity index (χ1) is 23.3. The van der Waals surface area contributed by atoms with Crippen molar-refractivity contribution in [1.29, 1.82) is 0 Å². The Morgan fingerprint density at radius 2 is 0.830 bits per heavy atom. The Labute approximate surface area is 282 Å². The summed E-state index contributed by atoms with van der Waals surface area (Å²) in [6.07, 6.45) is 0. The molecule has 0 amide bonds. The van der Waals surface area contributed by atoms with E-state index in [0.29, 0.717) is 0 Å². The number of thiophene rings is 2. The number of rotatable bonds is 6. The van der Waals surface area contributed by atoms with Gasteiger partial charge in [-0.1, -0.05) is 109 Å². The molecule has 0 atom stereocenters. The lowest BCUT2D eigenvalue weighted by atomic mass is 10.0. The molecule has 0 spiro atoms. The van der Waals surface area contributed by atoms with E-state index in [-0.39, 0.29) is 0 Å². The van der Waals surface area contributed by atoms with Gasteiger partial charge in [-0.05, 0) is 99.9 Å². The molecule has 0 aliphatic rings. The summed E-state index contributed by atoms with van der Waals surface area (Å²) in [6.45, 7) is 0. The smallest absolute Gasteiger partial charge is 0.0462 e. The van der Waals surface area contributed by atoms with Gasteiger partial charge in [0.05, 0.1) is 0 Å². The van der Waals surface area contributed by atoms with Crippen LogP contribution in [0.1, 0.15) is 0 Å². The molecule has 0 N–H and O–H groups in total. The molecule has 222 valence electrons. The first kappa shape index (κ1) is 27.8. The maximum absolute atomic E-state index is 2.35. The molecule has 0 saturated heterocycles. The first-order valence-electron chi connectivity index (χ1n) is 15.8. The number of anilines is 3. The largest absolute Gasteiger partial charge is 0.311 e. The van der Waals surface area contributed by atoms with Gasteiger partial charge in [-0.15, -0.1) is 22.7 Å². The number of fused-ring (bicyclic) bond motifs is 4. The molecule has 2 aromatic heterocycles. The molecule has 0 bridgehead atoms. The van der Waals surface area contributed by atoms with E-state index in [2.05, 4.69) is 181 Å². The van der Waals surface area contributed by atoms with Gasteiger partial charge in [0.25, 0.3) is 0 Å². The fraction of sp³-hybridized carbons (Fsp3) is 0. The van der Waals surface area contributed by atoms with Crippen LogP contribution in [0.4, 0.5) is 17.1 Å². The van der Waals surface area contributed by atoms with E-state index in [1.807, 2.05) is 22.7 Å². The van der Waals surface area contributed by atoms with E-state index < -0.39 is 0 Å². The highest BCUT2D eigenvalue weighted by atomic mass is 32.1. The van der Waals surface area contributed by atoms with Crippen molar-refractivity contribution in [3.63, 3.8) is 0 Å². The van der Waals surface area contributed by atoms with Crippen molar-refractivity contribution in [3.8, 4) is 32.7 Å². The van der Waals surface area contributed by atoms with Crippen molar-refractivity contribution in [1.82, 2.24) is 0 Å². The minimum Gasteiger partial charge on any atom is -0.311 e. The Morgan fingerprint density at radius 3 is 1.51 bits per heavy atom. The second kappa shape index (κ2) is 11.7. The maximum Gasteiger partial charge on any atom is 0.0462 e. The van der Waals surface area contributed by atoms with E-state index in [1.54, 1.807) is 0 Å². The highest BCUT2D eigenvalue weighted by Gasteiger charge is 2.15. The van der Waals surface area contributed by atoms with Crippen molar-refractivity contribution in [2.45, 2.75) is 0 Å². The van der Waals surface area contributed by atoms with Crippen LogP contribution >= 0.6 is 22.7 Å². The Hall–Kier alpha value is -5.48. The molecule has 7 aromatic carbocycles. The molecule has 9 rings (SSSR count). The van der Waals surface area contributed by atoms with Gasteiger partial charge in [0, 0.05) is 46.8 Å². The molecule has 0 radical (unpaired) electrons. The number of benzene rings is 7. The second-order valence-corrected chi connectivity index (χ2v) is 14.0. The van der Waals surface area contributed by atoms with Crippen LogP contribution in [0.25, 0.3) is 63.0 Å². The number of hydrogen-bond acceptors (Lipinski definition) is 3. The average molecular weight is 636 g/mol. The van der Waals surface area contributed by atoms with Crippen LogP contribution in [0.15, 0.2) is 176 Å². The zero-order valence-electron chi connectivity index (χ0n) is 25.5. The topological polar surface area (TPSA) is 3.24 Å². The summed E-state index contributed by atoms with van der Waals surface area (Å²) in [7, 11) is 0. The summed E-state index contributed by atoms with van der Waals surface area (Å²) in [5, 5.41) is 3.95. The molecule has 47 heavy (non-hydrogen) atoms. The van der Waals surface area contributed by atoms with E-state index in [0.717, 1.165) is 17.1 Å². The molecule has 1 nitrogen and oxygen atoms in total.